The summed E-state index contributed by atoms with van der Waals surface area (Å²) in [6, 6.07) is 0.483. The van der Waals surface area contributed by atoms with E-state index in [1.165, 1.54) is 0 Å². The molecule has 1 fully saturated rings. The quantitative estimate of drug-likeness (QED) is 0.204. The second kappa shape index (κ2) is 11.1. The normalized spacial score (nSPS) is 22.6. The molecule has 8 heteroatoms. The number of hydrogen-bond donors (Lipinski definition) is 3. The van der Waals surface area contributed by atoms with Crippen LogP contribution in [0.3, 0.4) is 0 Å². The van der Waals surface area contributed by atoms with Crippen LogP contribution in [0.15, 0.2) is 11.8 Å². The van der Waals surface area contributed by atoms with Crippen LogP contribution in [0.5, 0.6) is 0 Å². The topological polar surface area (TPSA) is 86.3 Å². The first-order chi connectivity index (χ1) is 13.0. The Labute approximate surface area is 170 Å². The molecule has 0 saturated heterocycles. The number of likely N-dealkylation sites (N-methyl/N-ethyl adjacent to an activating group) is 2. The highest BCUT2D eigenvalue weighted by atomic mass is 16.6. The molecule has 164 valence electrons. The van der Waals surface area contributed by atoms with Gasteiger partial charge in [0.05, 0.1) is 12.7 Å². The summed E-state index contributed by atoms with van der Waals surface area (Å²) in [7, 11) is 7.65. The van der Waals surface area contributed by atoms with Gasteiger partial charge in [-0.25, -0.2) is 9.80 Å². The summed E-state index contributed by atoms with van der Waals surface area (Å²) in [6.45, 7) is 9.16. The lowest BCUT2D eigenvalue weighted by Gasteiger charge is -2.40. The van der Waals surface area contributed by atoms with E-state index >= 15 is 0 Å². The zero-order chi connectivity index (χ0) is 21.5. The summed E-state index contributed by atoms with van der Waals surface area (Å²) < 4.78 is 10.9. The Hall–Kier alpha value is -1.19. The summed E-state index contributed by atoms with van der Waals surface area (Å²) in [5.74, 6) is -0.555. The SMILES string of the molecule is CCOC(=O)/C(=C/N(C)[C@@H](CN(C)NC)C(C)(C)C)C(O)OC1CC(NC)C1. The molecular formula is C20H40N4O4. The van der Waals surface area contributed by atoms with E-state index < -0.39 is 12.3 Å². The van der Waals surface area contributed by atoms with Crippen molar-refractivity contribution in [1.29, 1.82) is 0 Å². The van der Waals surface area contributed by atoms with Gasteiger partial charge in [-0.05, 0) is 39.3 Å². The van der Waals surface area contributed by atoms with Crippen molar-refractivity contribution in [1.82, 2.24) is 20.7 Å². The fraction of sp³-hybridized carbons (Fsp3) is 0.850. The number of nitrogens with one attached hydrogen (secondary N) is 2. The van der Waals surface area contributed by atoms with Crippen LogP contribution in [-0.4, -0.2) is 86.8 Å². The molecule has 0 spiro atoms. The second-order valence-corrected chi connectivity index (χ2v) is 8.52. The molecular weight excluding hydrogens is 360 g/mol. The standard InChI is InChI=1S/C20H40N4O4/c1-9-27-18(25)16(19(26)28-15-10-14(11-15)21-5)12-23(7)17(20(2,3)4)13-24(8)22-6/h12,14-15,17,19,21-22,26H,9-11,13H2,1-8H3/b16-12-/t14?,15?,17-,19?/m0/s1. The van der Waals surface area contributed by atoms with Crippen LogP contribution in [0, 0.1) is 5.41 Å². The predicted molar refractivity (Wildman–Crippen MR) is 110 cm³/mol. The van der Waals surface area contributed by atoms with Crippen molar-refractivity contribution in [3.05, 3.63) is 11.8 Å². The fourth-order valence-electron chi connectivity index (χ4n) is 3.27. The van der Waals surface area contributed by atoms with Gasteiger partial charge in [0.15, 0.2) is 6.29 Å². The van der Waals surface area contributed by atoms with Crippen molar-refractivity contribution in [3.63, 3.8) is 0 Å². The summed E-state index contributed by atoms with van der Waals surface area (Å²) in [5.41, 5.74) is 3.17. The van der Waals surface area contributed by atoms with Crippen molar-refractivity contribution >= 4 is 5.97 Å². The number of carbonyl (C=O) groups excluding carboxylic acids is 1. The first kappa shape index (κ1) is 24.8. The number of aliphatic hydroxyl groups is 1. The van der Waals surface area contributed by atoms with Crippen LogP contribution >= 0.6 is 0 Å². The molecule has 0 aromatic rings. The third-order valence-corrected chi connectivity index (χ3v) is 5.26. The Balaban J connectivity index is 2.99. The number of ether oxygens (including phenoxy) is 2. The van der Waals surface area contributed by atoms with Gasteiger partial charge in [-0.15, -0.1) is 0 Å². The molecule has 0 aromatic heterocycles. The maximum Gasteiger partial charge on any atom is 0.340 e. The number of esters is 1. The molecule has 0 aromatic carbocycles. The number of nitrogens with zero attached hydrogens (tertiary/aromatic N) is 2. The van der Waals surface area contributed by atoms with Gasteiger partial charge in [-0.3, -0.25) is 5.43 Å². The van der Waals surface area contributed by atoms with Gasteiger partial charge >= 0.3 is 5.97 Å². The number of hydrazine groups is 1. The van der Waals surface area contributed by atoms with Crippen LogP contribution in [0.2, 0.25) is 0 Å². The first-order valence-corrected chi connectivity index (χ1v) is 10.0. The first-order valence-electron chi connectivity index (χ1n) is 10.0. The smallest absolute Gasteiger partial charge is 0.340 e. The molecule has 0 aliphatic heterocycles. The number of rotatable bonds is 11. The minimum absolute atomic E-state index is 0.0596. The monoisotopic (exact) mass is 400 g/mol. The lowest BCUT2D eigenvalue weighted by Crippen LogP contribution is -2.50. The fourth-order valence-corrected chi connectivity index (χ4v) is 3.27. The molecule has 1 aliphatic rings. The highest BCUT2D eigenvalue weighted by Gasteiger charge is 2.34. The average molecular weight is 401 g/mol. The van der Waals surface area contributed by atoms with Crippen LogP contribution in [0.25, 0.3) is 0 Å². The molecule has 1 saturated carbocycles. The second-order valence-electron chi connectivity index (χ2n) is 8.52. The Bertz CT molecular complexity index is 515. The van der Waals surface area contributed by atoms with Crippen molar-refractivity contribution in [2.24, 2.45) is 5.41 Å². The van der Waals surface area contributed by atoms with E-state index in [0.717, 1.165) is 19.4 Å². The van der Waals surface area contributed by atoms with E-state index in [4.69, 9.17) is 9.47 Å². The van der Waals surface area contributed by atoms with Crippen molar-refractivity contribution in [3.8, 4) is 0 Å². The number of carbonyl (C=O) groups is 1. The maximum absolute atomic E-state index is 12.5. The van der Waals surface area contributed by atoms with Crippen LogP contribution in [-0.2, 0) is 14.3 Å². The van der Waals surface area contributed by atoms with E-state index in [9.17, 15) is 9.90 Å². The summed E-state index contributed by atoms with van der Waals surface area (Å²) in [5, 5.41) is 15.8. The van der Waals surface area contributed by atoms with Gasteiger partial charge in [0.25, 0.3) is 0 Å². The molecule has 3 N–H and O–H groups in total. The van der Waals surface area contributed by atoms with E-state index in [1.54, 1.807) is 13.1 Å². The lowest BCUT2D eigenvalue weighted by atomic mass is 9.85. The van der Waals surface area contributed by atoms with Gasteiger partial charge < -0.3 is 24.8 Å². The highest BCUT2D eigenvalue weighted by molar-refractivity contribution is 5.89. The van der Waals surface area contributed by atoms with E-state index in [1.807, 2.05) is 38.1 Å². The number of hydrogen-bond acceptors (Lipinski definition) is 8. The van der Waals surface area contributed by atoms with E-state index in [2.05, 4.69) is 31.5 Å². The Morgan fingerprint density at radius 1 is 1.29 bits per heavy atom. The molecule has 0 amide bonds. The minimum Gasteiger partial charge on any atom is -0.462 e. The van der Waals surface area contributed by atoms with Crippen LogP contribution in [0.4, 0.5) is 0 Å². The molecule has 0 heterocycles. The van der Waals surface area contributed by atoms with Crippen molar-refractivity contribution in [2.75, 3.05) is 41.3 Å². The van der Waals surface area contributed by atoms with Crippen LogP contribution in [0.1, 0.15) is 40.5 Å². The minimum atomic E-state index is -1.31. The Morgan fingerprint density at radius 3 is 2.36 bits per heavy atom. The van der Waals surface area contributed by atoms with E-state index in [0.29, 0.717) is 6.04 Å². The molecule has 1 rings (SSSR count). The lowest BCUT2D eigenvalue weighted by molar-refractivity contribution is -0.159. The largest absolute Gasteiger partial charge is 0.462 e. The Morgan fingerprint density at radius 2 is 1.89 bits per heavy atom. The van der Waals surface area contributed by atoms with E-state index in [-0.39, 0.29) is 29.7 Å². The maximum atomic E-state index is 12.5. The third-order valence-electron chi connectivity index (χ3n) is 5.26. The molecule has 8 nitrogen and oxygen atoms in total. The zero-order valence-corrected chi connectivity index (χ0v) is 18.8. The highest BCUT2D eigenvalue weighted by Crippen LogP contribution is 2.27. The Kier molecular flexibility index (Phi) is 9.86. The molecule has 1 unspecified atom stereocenters. The summed E-state index contributed by atoms with van der Waals surface area (Å²) in [4.78, 5) is 14.4. The summed E-state index contributed by atoms with van der Waals surface area (Å²) >= 11 is 0. The molecule has 2 atom stereocenters. The van der Waals surface area contributed by atoms with Gasteiger partial charge in [-0.2, -0.15) is 0 Å². The van der Waals surface area contributed by atoms with Crippen molar-refractivity contribution in [2.45, 2.75) is 65.0 Å². The predicted octanol–water partition coefficient (Wildman–Crippen LogP) is 0.932. The summed E-state index contributed by atoms with van der Waals surface area (Å²) in [6.07, 6.45) is 1.92. The number of aliphatic hydroxyl groups excluding tert-OH is 1. The molecule has 1 aliphatic carbocycles. The molecule has 28 heavy (non-hydrogen) atoms. The van der Waals surface area contributed by atoms with Crippen LogP contribution < -0.4 is 10.7 Å². The van der Waals surface area contributed by atoms with Gasteiger partial charge in [0, 0.05) is 38.9 Å². The van der Waals surface area contributed by atoms with Gasteiger partial charge in [0.2, 0.25) is 0 Å². The van der Waals surface area contributed by atoms with Gasteiger partial charge in [-0.1, -0.05) is 20.8 Å². The average Bonchev–Trinajstić information content (AvgIpc) is 2.58. The zero-order valence-electron chi connectivity index (χ0n) is 18.8. The molecule has 0 bridgehead atoms. The third kappa shape index (κ3) is 7.33. The van der Waals surface area contributed by atoms with Crippen molar-refractivity contribution < 1.29 is 19.4 Å². The molecule has 0 radical (unpaired) electrons. The van der Waals surface area contributed by atoms with Gasteiger partial charge in [0.1, 0.15) is 5.57 Å².